The number of benzene rings is 1. The Bertz CT molecular complexity index is 575. The van der Waals surface area contributed by atoms with Crippen LogP contribution in [-0.4, -0.2) is 35.8 Å². The van der Waals surface area contributed by atoms with Gasteiger partial charge in [0.2, 0.25) is 5.91 Å². The molecule has 3 N–H and O–H groups in total. The maximum atomic E-state index is 12.7. The summed E-state index contributed by atoms with van der Waals surface area (Å²) in [6.45, 7) is 7.31. The van der Waals surface area contributed by atoms with Gasteiger partial charge in [-0.2, -0.15) is 0 Å². The van der Waals surface area contributed by atoms with Crippen molar-refractivity contribution in [3.63, 3.8) is 0 Å². The van der Waals surface area contributed by atoms with Gasteiger partial charge >= 0.3 is 0 Å². The number of halogens is 1. The van der Waals surface area contributed by atoms with Crippen molar-refractivity contribution >= 4 is 29.9 Å². The maximum absolute atomic E-state index is 12.7. The summed E-state index contributed by atoms with van der Waals surface area (Å²) in [6.07, 6.45) is 1.22. The topological polar surface area (TPSA) is 75.4 Å². The molecule has 1 atom stereocenters. The van der Waals surface area contributed by atoms with Gasteiger partial charge in [0, 0.05) is 36.8 Å². The summed E-state index contributed by atoms with van der Waals surface area (Å²) in [5, 5.41) is 2.78. The summed E-state index contributed by atoms with van der Waals surface area (Å²) >= 11 is 0. The average Bonchev–Trinajstić information content (AvgIpc) is 2.49. The molecule has 6 heteroatoms. The summed E-state index contributed by atoms with van der Waals surface area (Å²) in [4.78, 5) is 26.0. The first-order valence-electron chi connectivity index (χ1n) is 7.78. The number of nitrogens with zero attached hydrogens (tertiary/aromatic N) is 1. The van der Waals surface area contributed by atoms with Gasteiger partial charge in [0.15, 0.2) is 0 Å². The molecule has 1 unspecified atom stereocenters. The number of piperidine rings is 1. The monoisotopic (exact) mass is 339 g/mol. The zero-order valence-electron chi connectivity index (χ0n) is 14.0. The fourth-order valence-electron chi connectivity index (χ4n) is 2.71. The Labute approximate surface area is 144 Å². The Morgan fingerprint density at radius 3 is 2.70 bits per heavy atom. The smallest absolute Gasteiger partial charge is 0.253 e. The third-order valence-electron chi connectivity index (χ3n) is 4.31. The first-order chi connectivity index (χ1) is 10.3. The summed E-state index contributed by atoms with van der Waals surface area (Å²) in [5.74, 6) is -0.0674. The highest BCUT2D eigenvalue weighted by atomic mass is 35.5. The molecule has 5 nitrogen and oxygen atoms in total. The predicted octanol–water partition coefficient (Wildman–Crippen LogP) is 2.66. The summed E-state index contributed by atoms with van der Waals surface area (Å²) in [5.41, 5.74) is 7.30. The van der Waals surface area contributed by atoms with Crippen molar-refractivity contribution in [1.82, 2.24) is 4.90 Å². The van der Waals surface area contributed by atoms with E-state index in [4.69, 9.17) is 5.73 Å². The molecule has 1 aromatic rings. The van der Waals surface area contributed by atoms with Gasteiger partial charge in [-0.25, -0.2) is 0 Å². The van der Waals surface area contributed by atoms with E-state index in [1.165, 1.54) is 0 Å². The van der Waals surface area contributed by atoms with Crippen LogP contribution >= 0.6 is 12.4 Å². The molecule has 1 heterocycles. The third-order valence-corrected chi connectivity index (χ3v) is 4.31. The summed E-state index contributed by atoms with van der Waals surface area (Å²) in [7, 11) is 0. The van der Waals surface area contributed by atoms with Gasteiger partial charge in [0.05, 0.1) is 0 Å². The van der Waals surface area contributed by atoms with E-state index in [9.17, 15) is 9.59 Å². The molecule has 0 bridgehead atoms. The van der Waals surface area contributed by atoms with E-state index in [0.29, 0.717) is 30.8 Å². The van der Waals surface area contributed by atoms with Crippen LogP contribution in [0.3, 0.4) is 0 Å². The van der Waals surface area contributed by atoms with Crippen LogP contribution in [0.15, 0.2) is 24.3 Å². The van der Waals surface area contributed by atoms with Gasteiger partial charge in [-0.15, -0.1) is 12.4 Å². The molecule has 1 saturated heterocycles. The molecular formula is C17H26ClN3O2. The third kappa shape index (κ3) is 4.69. The minimum absolute atomic E-state index is 0. The van der Waals surface area contributed by atoms with Crippen LogP contribution in [0.5, 0.6) is 0 Å². The van der Waals surface area contributed by atoms with Crippen molar-refractivity contribution in [2.24, 2.45) is 11.1 Å². The fourth-order valence-corrected chi connectivity index (χ4v) is 2.71. The molecule has 2 rings (SSSR count). The van der Waals surface area contributed by atoms with Crippen LogP contribution < -0.4 is 11.1 Å². The Balaban J connectivity index is 0.00000264. The minimum atomic E-state index is -0.0814. The normalized spacial score (nSPS) is 19.7. The highest BCUT2D eigenvalue weighted by molar-refractivity contribution is 5.97. The zero-order chi connectivity index (χ0) is 16.3. The molecule has 0 aromatic heterocycles. The van der Waals surface area contributed by atoms with Crippen molar-refractivity contribution in [3.8, 4) is 0 Å². The second kappa shape index (κ2) is 7.79. The van der Waals surface area contributed by atoms with Crippen molar-refractivity contribution in [2.75, 3.05) is 18.4 Å². The molecule has 0 saturated carbocycles. The standard InChI is InChI=1S/C17H25N3O2.ClH/c1-4-15(21)19-13-7-5-6-12(10-13)16(22)20-9-8-14(18)17(2,3)11-20;/h5-7,10,14H,4,8-9,11,18H2,1-3H3,(H,19,21);1H. The van der Waals surface area contributed by atoms with E-state index in [1.54, 1.807) is 31.2 Å². The largest absolute Gasteiger partial charge is 0.338 e. The van der Waals surface area contributed by atoms with Crippen LogP contribution in [0.1, 0.15) is 44.0 Å². The Kier molecular flexibility index (Phi) is 6.59. The molecule has 1 fully saturated rings. The van der Waals surface area contributed by atoms with Crippen LogP contribution in [0, 0.1) is 5.41 Å². The summed E-state index contributed by atoms with van der Waals surface area (Å²) in [6, 6.07) is 7.22. The van der Waals surface area contributed by atoms with Gasteiger partial charge in [-0.1, -0.05) is 26.8 Å². The quantitative estimate of drug-likeness (QED) is 0.889. The predicted molar refractivity (Wildman–Crippen MR) is 94.9 cm³/mol. The first kappa shape index (κ1) is 19.5. The number of likely N-dealkylation sites (tertiary alicyclic amines) is 1. The molecule has 0 radical (unpaired) electrons. The number of nitrogens with one attached hydrogen (secondary N) is 1. The highest BCUT2D eigenvalue weighted by Gasteiger charge is 2.35. The highest BCUT2D eigenvalue weighted by Crippen LogP contribution is 2.28. The van der Waals surface area contributed by atoms with E-state index in [2.05, 4.69) is 19.2 Å². The van der Waals surface area contributed by atoms with E-state index in [-0.39, 0.29) is 35.7 Å². The SMILES string of the molecule is CCC(=O)Nc1cccc(C(=O)N2CCC(N)C(C)(C)C2)c1.Cl. The number of hydrogen-bond donors (Lipinski definition) is 2. The molecule has 0 aliphatic carbocycles. The number of hydrogen-bond acceptors (Lipinski definition) is 3. The molecule has 1 aliphatic rings. The second-order valence-corrected chi connectivity index (χ2v) is 6.59. The van der Waals surface area contributed by atoms with Crippen molar-refractivity contribution < 1.29 is 9.59 Å². The van der Waals surface area contributed by atoms with E-state index >= 15 is 0 Å². The molecule has 0 spiro atoms. The number of nitrogens with two attached hydrogens (primary N) is 1. The number of rotatable bonds is 3. The molecule has 1 aliphatic heterocycles. The number of amides is 2. The van der Waals surface area contributed by atoms with Crippen LogP contribution in [0.4, 0.5) is 5.69 Å². The number of carbonyl (C=O) groups is 2. The van der Waals surface area contributed by atoms with Crippen LogP contribution in [0.25, 0.3) is 0 Å². The van der Waals surface area contributed by atoms with Crippen molar-refractivity contribution in [2.45, 2.75) is 39.7 Å². The molecule has 23 heavy (non-hydrogen) atoms. The average molecular weight is 340 g/mol. The second-order valence-electron chi connectivity index (χ2n) is 6.59. The van der Waals surface area contributed by atoms with Gasteiger partial charge in [0.25, 0.3) is 5.91 Å². The minimum Gasteiger partial charge on any atom is -0.338 e. The van der Waals surface area contributed by atoms with Gasteiger partial charge in [0.1, 0.15) is 0 Å². The lowest BCUT2D eigenvalue weighted by Crippen LogP contribution is -2.54. The van der Waals surface area contributed by atoms with Crippen LogP contribution in [0.2, 0.25) is 0 Å². The van der Waals surface area contributed by atoms with Crippen molar-refractivity contribution in [3.05, 3.63) is 29.8 Å². The van der Waals surface area contributed by atoms with E-state index < -0.39 is 0 Å². The maximum Gasteiger partial charge on any atom is 0.253 e. The molecular weight excluding hydrogens is 314 g/mol. The number of carbonyl (C=O) groups excluding carboxylic acids is 2. The summed E-state index contributed by atoms with van der Waals surface area (Å²) < 4.78 is 0. The zero-order valence-corrected chi connectivity index (χ0v) is 14.8. The van der Waals surface area contributed by atoms with E-state index in [1.807, 2.05) is 4.90 Å². The first-order valence-corrected chi connectivity index (χ1v) is 7.78. The van der Waals surface area contributed by atoms with Gasteiger partial charge in [-0.05, 0) is 30.0 Å². The lowest BCUT2D eigenvalue weighted by molar-refractivity contribution is -0.115. The van der Waals surface area contributed by atoms with Crippen LogP contribution in [-0.2, 0) is 4.79 Å². The Hall–Kier alpha value is -1.59. The van der Waals surface area contributed by atoms with Gasteiger partial charge in [-0.3, -0.25) is 9.59 Å². The van der Waals surface area contributed by atoms with E-state index in [0.717, 1.165) is 6.42 Å². The molecule has 1 aromatic carbocycles. The van der Waals surface area contributed by atoms with Gasteiger partial charge < -0.3 is 16.0 Å². The molecule has 2 amide bonds. The Morgan fingerprint density at radius 2 is 2.09 bits per heavy atom. The lowest BCUT2D eigenvalue weighted by atomic mass is 9.79. The molecule has 128 valence electrons. The number of anilines is 1. The lowest BCUT2D eigenvalue weighted by Gasteiger charge is -2.42. The Morgan fingerprint density at radius 1 is 1.39 bits per heavy atom. The van der Waals surface area contributed by atoms with Crippen molar-refractivity contribution in [1.29, 1.82) is 0 Å². The fraction of sp³-hybridized carbons (Fsp3) is 0.529.